The summed E-state index contributed by atoms with van der Waals surface area (Å²) in [7, 11) is 0. The first-order valence-corrected chi connectivity index (χ1v) is 6.41. The maximum absolute atomic E-state index is 12.9. The van der Waals surface area contributed by atoms with Gasteiger partial charge in [-0.1, -0.05) is 24.6 Å². The Bertz CT molecular complexity index is 446. The molecular formula is C12H12ClFO2S. The fourth-order valence-corrected chi connectivity index (χ4v) is 2.28. The van der Waals surface area contributed by atoms with Crippen LogP contribution in [-0.4, -0.2) is 16.8 Å². The van der Waals surface area contributed by atoms with Gasteiger partial charge in [0, 0.05) is 16.2 Å². The Labute approximate surface area is 108 Å². The average molecular weight is 275 g/mol. The molecule has 0 heterocycles. The molecule has 1 rings (SSSR count). The highest BCUT2D eigenvalue weighted by atomic mass is 35.5. The molecule has 0 atom stereocenters. The first-order chi connectivity index (χ1) is 8.04. The lowest BCUT2D eigenvalue weighted by atomic mass is 10.2. The molecule has 0 saturated carbocycles. The summed E-state index contributed by atoms with van der Waals surface area (Å²) < 4.78 is 12.9. The quantitative estimate of drug-likeness (QED) is 0.651. The molecular weight excluding hydrogens is 263 g/mol. The molecule has 0 aliphatic rings. The number of hydrogen-bond donors (Lipinski definition) is 1. The van der Waals surface area contributed by atoms with Crippen molar-refractivity contribution >= 4 is 29.3 Å². The number of carbonyl (C=O) groups is 1. The van der Waals surface area contributed by atoms with E-state index in [0.29, 0.717) is 17.7 Å². The second kappa shape index (κ2) is 6.67. The van der Waals surface area contributed by atoms with E-state index in [0.717, 1.165) is 4.90 Å². The molecule has 0 spiro atoms. The van der Waals surface area contributed by atoms with E-state index < -0.39 is 11.8 Å². The van der Waals surface area contributed by atoms with Crippen molar-refractivity contribution in [1.29, 1.82) is 0 Å². The highest BCUT2D eigenvalue weighted by Gasteiger charge is 2.04. The molecule has 0 aliphatic heterocycles. The average Bonchev–Trinajstić information content (AvgIpc) is 2.28. The summed E-state index contributed by atoms with van der Waals surface area (Å²) in [6.07, 6.45) is 2.14. The summed E-state index contributed by atoms with van der Waals surface area (Å²) in [5, 5.41) is 8.88. The third-order valence-electron chi connectivity index (χ3n) is 2.13. The SMILES string of the molecule is CCC(=CCSc1ccc(F)c(Cl)c1)C(=O)O. The van der Waals surface area contributed by atoms with Gasteiger partial charge in [-0.15, -0.1) is 11.8 Å². The lowest BCUT2D eigenvalue weighted by Crippen LogP contribution is -1.99. The van der Waals surface area contributed by atoms with Crippen LogP contribution in [-0.2, 0) is 4.79 Å². The number of aliphatic carboxylic acids is 1. The first kappa shape index (κ1) is 14.1. The van der Waals surface area contributed by atoms with Gasteiger partial charge in [-0.05, 0) is 24.6 Å². The molecule has 0 amide bonds. The van der Waals surface area contributed by atoms with E-state index in [1.54, 1.807) is 19.1 Å². The van der Waals surface area contributed by atoms with Gasteiger partial charge in [0.15, 0.2) is 0 Å². The van der Waals surface area contributed by atoms with Crippen LogP contribution in [0.15, 0.2) is 34.7 Å². The second-order valence-electron chi connectivity index (χ2n) is 3.27. The third kappa shape index (κ3) is 4.40. The van der Waals surface area contributed by atoms with Crippen LogP contribution < -0.4 is 0 Å². The van der Waals surface area contributed by atoms with Crippen molar-refractivity contribution in [2.75, 3.05) is 5.75 Å². The van der Waals surface area contributed by atoms with Gasteiger partial charge in [0.05, 0.1) is 5.02 Å². The molecule has 1 aromatic carbocycles. The van der Waals surface area contributed by atoms with Crippen LogP contribution in [0, 0.1) is 5.82 Å². The first-order valence-electron chi connectivity index (χ1n) is 5.04. The van der Waals surface area contributed by atoms with E-state index in [2.05, 4.69) is 0 Å². The molecule has 1 aromatic rings. The number of carboxylic acid groups (broad SMARTS) is 1. The molecule has 0 radical (unpaired) electrons. The maximum Gasteiger partial charge on any atom is 0.331 e. The van der Waals surface area contributed by atoms with Gasteiger partial charge in [-0.25, -0.2) is 9.18 Å². The summed E-state index contributed by atoms with van der Waals surface area (Å²) in [4.78, 5) is 11.5. The number of carboxylic acids is 1. The van der Waals surface area contributed by atoms with Crippen molar-refractivity contribution in [2.45, 2.75) is 18.2 Å². The van der Waals surface area contributed by atoms with Crippen molar-refractivity contribution in [3.05, 3.63) is 40.7 Å². The summed E-state index contributed by atoms with van der Waals surface area (Å²) >= 11 is 7.05. The lowest BCUT2D eigenvalue weighted by Gasteiger charge is -2.01. The van der Waals surface area contributed by atoms with Crippen LogP contribution in [0.3, 0.4) is 0 Å². The third-order valence-corrected chi connectivity index (χ3v) is 3.34. The monoisotopic (exact) mass is 274 g/mol. The van der Waals surface area contributed by atoms with E-state index in [4.69, 9.17) is 16.7 Å². The molecule has 5 heteroatoms. The van der Waals surface area contributed by atoms with Gasteiger partial charge in [-0.2, -0.15) is 0 Å². The maximum atomic E-state index is 12.9. The summed E-state index contributed by atoms with van der Waals surface area (Å²) in [5.74, 6) is -0.825. The van der Waals surface area contributed by atoms with Crippen molar-refractivity contribution in [3.63, 3.8) is 0 Å². The van der Waals surface area contributed by atoms with Crippen molar-refractivity contribution in [3.8, 4) is 0 Å². The molecule has 1 N–H and O–H groups in total. The van der Waals surface area contributed by atoms with Gasteiger partial charge in [0.1, 0.15) is 5.82 Å². The van der Waals surface area contributed by atoms with E-state index in [-0.39, 0.29) is 5.02 Å². The normalized spacial score (nSPS) is 11.6. The van der Waals surface area contributed by atoms with Crippen molar-refractivity contribution in [1.82, 2.24) is 0 Å². The molecule has 0 aliphatic carbocycles. The Morgan fingerprint density at radius 3 is 2.82 bits per heavy atom. The Kier molecular flexibility index (Phi) is 5.51. The fourth-order valence-electron chi connectivity index (χ4n) is 1.19. The highest BCUT2D eigenvalue weighted by molar-refractivity contribution is 7.99. The number of thioether (sulfide) groups is 1. The molecule has 0 saturated heterocycles. The van der Waals surface area contributed by atoms with Gasteiger partial charge >= 0.3 is 5.97 Å². The molecule has 0 aromatic heterocycles. The van der Waals surface area contributed by atoms with E-state index in [9.17, 15) is 9.18 Å². The number of halogens is 2. The van der Waals surface area contributed by atoms with Crippen LogP contribution in [0.4, 0.5) is 4.39 Å². The smallest absolute Gasteiger partial charge is 0.331 e. The molecule has 92 valence electrons. The zero-order valence-corrected chi connectivity index (χ0v) is 10.8. The predicted octanol–water partition coefficient (Wildman–Crippen LogP) is 3.99. The minimum absolute atomic E-state index is 0.0768. The Hall–Kier alpha value is -1.00. The van der Waals surface area contributed by atoms with Gasteiger partial charge in [0.2, 0.25) is 0 Å². The van der Waals surface area contributed by atoms with Gasteiger partial charge < -0.3 is 5.11 Å². The molecule has 17 heavy (non-hydrogen) atoms. The number of rotatable bonds is 5. The molecule has 0 unspecified atom stereocenters. The standard InChI is InChI=1S/C12H12ClFO2S/c1-2-8(12(15)16)5-6-17-9-3-4-11(14)10(13)7-9/h3-5,7H,2,6H2,1H3,(H,15,16). The minimum atomic E-state index is -0.898. The second-order valence-corrected chi connectivity index (χ2v) is 4.78. The fraction of sp³-hybridized carbons (Fsp3) is 0.250. The van der Waals surface area contributed by atoms with Crippen molar-refractivity contribution in [2.24, 2.45) is 0 Å². The number of hydrogen-bond acceptors (Lipinski definition) is 2. The predicted molar refractivity (Wildman–Crippen MR) is 68.1 cm³/mol. The molecule has 0 bridgehead atoms. The van der Waals surface area contributed by atoms with Crippen LogP contribution in [0.25, 0.3) is 0 Å². The molecule has 2 nitrogen and oxygen atoms in total. The van der Waals surface area contributed by atoms with Gasteiger partial charge in [-0.3, -0.25) is 0 Å². The topological polar surface area (TPSA) is 37.3 Å². The van der Waals surface area contributed by atoms with E-state index >= 15 is 0 Å². The Morgan fingerprint density at radius 2 is 2.29 bits per heavy atom. The summed E-state index contributed by atoms with van der Waals surface area (Å²) in [6.45, 7) is 1.79. The van der Waals surface area contributed by atoms with Crippen LogP contribution in [0.2, 0.25) is 5.02 Å². The Balaban J connectivity index is 2.61. The summed E-state index contributed by atoms with van der Waals surface area (Å²) in [6, 6.07) is 4.44. The Morgan fingerprint density at radius 1 is 1.59 bits per heavy atom. The zero-order chi connectivity index (χ0) is 12.8. The number of benzene rings is 1. The summed E-state index contributed by atoms with van der Waals surface area (Å²) in [5.41, 5.74) is 0.380. The largest absolute Gasteiger partial charge is 0.478 e. The van der Waals surface area contributed by atoms with Crippen LogP contribution in [0.5, 0.6) is 0 Å². The van der Waals surface area contributed by atoms with Gasteiger partial charge in [0.25, 0.3) is 0 Å². The highest BCUT2D eigenvalue weighted by Crippen LogP contribution is 2.24. The zero-order valence-electron chi connectivity index (χ0n) is 9.24. The van der Waals surface area contributed by atoms with E-state index in [1.165, 1.54) is 23.9 Å². The molecule has 0 fully saturated rings. The van der Waals surface area contributed by atoms with Crippen LogP contribution >= 0.6 is 23.4 Å². The lowest BCUT2D eigenvalue weighted by molar-refractivity contribution is -0.132. The van der Waals surface area contributed by atoms with Crippen LogP contribution in [0.1, 0.15) is 13.3 Å². The van der Waals surface area contributed by atoms with Crippen molar-refractivity contribution < 1.29 is 14.3 Å². The van der Waals surface area contributed by atoms with E-state index in [1.807, 2.05) is 0 Å². The minimum Gasteiger partial charge on any atom is -0.478 e.